The molecule has 0 amide bonds. The predicted molar refractivity (Wildman–Crippen MR) is 57.2 cm³/mol. The van der Waals surface area contributed by atoms with E-state index in [1.165, 1.54) is 6.33 Å². The van der Waals surface area contributed by atoms with Crippen LogP contribution in [0.1, 0.15) is 5.56 Å². The first-order chi connectivity index (χ1) is 7.18. The zero-order valence-electron chi connectivity index (χ0n) is 8.04. The van der Waals surface area contributed by atoms with Crippen molar-refractivity contribution in [3.05, 3.63) is 47.1 Å². The van der Waals surface area contributed by atoms with E-state index in [-0.39, 0.29) is 10.8 Å². The van der Waals surface area contributed by atoms with Gasteiger partial charge in [0.1, 0.15) is 12.0 Å². The number of benzene rings is 1. The fourth-order valence-corrected chi connectivity index (χ4v) is 1.48. The zero-order chi connectivity index (χ0) is 10.8. The number of aryl methyl sites for hydroxylation is 1. The molecule has 0 bridgehead atoms. The Hall–Kier alpha value is -1.48. The van der Waals surface area contributed by atoms with Crippen molar-refractivity contribution in [3.63, 3.8) is 0 Å². The summed E-state index contributed by atoms with van der Waals surface area (Å²) < 4.78 is 13.6. The van der Waals surface area contributed by atoms with E-state index in [2.05, 4.69) is 9.97 Å². The van der Waals surface area contributed by atoms with E-state index in [0.717, 1.165) is 5.56 Å². The van der Waals surface area contributed by atoms with Gasteiger partial charge in [-0.15, -0.1) is 0 Å². The first kappa shape index (κ1) is 10.1. The topological polar surface area (TPSA) is 25.8 Å². The molecular weight excluding hydrogens is 215 g/mol. The minimum atomic E-state index is -0.579. The van der Waals surface area contributed by atoms with Crippen molar-refractivity contribution in [2.24, 2.45) is 0 Å². The van der Waals surface area contributed by atoms with E-state index in [0.29, 0.717) is 5.56 Å². The van der Waals surface area contributed by atoms with E-state index in [9.17, 15) is 4.39 Å². The SMILES string of the molecule is Cc1cccc(-c2ncnc(Cl)c2F)c1. The lowest BCUT2D eigenvalue weighted by Gasteiger charge is -2.03. The molecule has 15 heavy (non-hydrogen) atoms. The largest absolute Gasteiger partial charge is 0.233 e. The van der Waals surface area contributed by atoms with Crippen LogP contribution in [-0.4, -0.2) is 9.97 Å². The van der Waals surface area contributed by atoms with Crippen molar-refractivity contribution in [1.29, 1.82) is 0 Å². The van der Waals surface area contributed by atoms with Gasteiger partial charge >= 0.3 is 0 Å². The lowest BCUT2D eigenvalue weighted by atomic mass is 10.1. The summed E-state index contributed by atoms with van der Waals surface area (Å²) >= 11 is 5.58. The summed E-state index contributed by atoms with van der Waals surface area (Å²) in [7, 11) is 0. The highest BCUT2D eigenvalue weighted by Crippen LogP contribution is 2.24. The van der Waals surface area contributed by atoms with Gasteiger partial charge in [-0.2, -0.15) is 0 Å². The second-order valence-corrected chi connectivity index (χ2v) is 3.55. The van der Waals surface area contributed by atoms with Crippen LogP contribution in [0.5, 0.6) is 0 Å². The Morgan fingerprint density at radius 3 is 2.80 bits per heavy atom. The fraction of sp³-hybridized carbons (Fsp3) is 0.0909. The fourth-order valence-electron chi connectivity index (χ4n) is 1.34. The number of rotatable bonds is 1. The molecule has 1 heterocycles. The lowest BCUT2D eigenvalue weighted by molar-refractivity contribution is 0.618. The number of nitrogens with zero attached hydrogens (tertiary/aromatic N) is 2. The van der Waals surface area contributed by atoms with Crippen molar-refractivity contribution in [1.82, 2.24) is 9.97 Å². The van der Waals surface area contributed by atoms with Gasteiger partial charge in [0.05, 0.1) is 0 Å². The Morgan fingerprint density at radius 2 is 2.07 bits per heavy atom. The molecule has 2 rings (SSSR count). The quantitative estimate of drug-likeness (QED) is 0.693. The third kappa shape index (κ3) is 1.97. The maximum Gasteiger partial charge on any atom is 0.186 e. The van der Waals surface area contributed by atoms with E-state index < -0.39 is 5.82 Å². The predicted octanol–water partition coefficient (Wildman–Crippen LogP) is 3.24. The van der Waals surface area contributed by atoms with Crippen molar-refractivity contribution in [2.45, 2.75) is 6.92 Å². The molecule has 0 aliphatic carbocycles. The van der Waals surface area contributed by atoms with Gasteiger partial charge in [0, 0.05) is 5.56 Å². The van der Waals surface area contributed by atoms with Crippen LogP contribution in [0, 0.1) is 12.7 Å². The van der Waals surface area contributed by atoms with Crippen LogP contribution in [0.15, 0.2) is 30.6 Å². The van der Waals surface area contributed by atoms with Gasteiger partial charge in [0.25, 0.3) is 0 Å². The molecule has 76 valence electrons. The highest BCUT2D eigenvalue weighted by molar-refractivity contribution is 6.29. The molecule has 2 aromatic rings. The van der Waals surface area contributed by atoms with Gasteiger partial charge in [-0.3, -0.25) is 0 Å². The molecule has 0 aliphatic heterocycles. The van der Waals surface area contributed by atoms with E-state index >= 15 is 0 Å². The molecule has 0 spiro atoms. The lowest BCUT2D eigenvalue weighted by Crippen LogP contribution is -1.92. The van der Waals surface area contributed by atoms with Crippen LogP contribution in [0.3, 0.4) is 0 Å². The maximum absolute atomic E-state index is 13.6. The zero-order valence-corrected chi connectivity index (χ0v) is 8.79. The van der Waals surface area contributed by atoms with Crippen molar-refractivity contribution >= 4 is 11.6 Å². The van der Waals surface area contributed by atoms with Crippen LogP contribution in [0.25, 0.3) is 11.3 Å². The van der Waals surface area contributed by atoms with Gasteiger partial charge < -0.3 is 0 Å². The Bertz CT molecular complexity index is 500. The molecule has 0 radical (unpaired) electrons. The highest BCUT2D eigenvalue weighted by Gasteiger charge is 2.10. The van der Waals surface area contributed by atoms with Crippen LogP contribution >= 0.6 is 11.6 Å². The molecule has 0 N–H and O–H groups in total. The summed E-state index contributed by atoms with van der Waals surface area (Å²) in [6.45, 7) is 1.93. The molecule has 4 heteroatoms. The second kappa shape index (κ2) is 3.95. The van der Waals surface area contributed by atoms with Gasteiger partial charge in [0.2, 0.25) is 0 Å². The first-order valence-corrected chi connectivity index (χ1v) is 4.79. The average molecular weight is 223 g/mol. The van der Waals surface area contributed by atoms with Crippen LogP contribution in [0.2, 0.25) is 5.15 Å². The molecule has 0 saturated heterocycles. The van der Waals surface area contributed by atoms with E-state index in [4.69, 9.17) is 11.6 Å². The molecule has 1 aromatic heterocycles. The Kier molecular flexibility index (Phi) is 2.64. The monoisotopic (exact) mass is 222 g/mol. The number of hydrogen-bond acceptors (Lipinski definition) is 2. The van der Waals surface area contributed by atoms with Crippen LogP contribution < -0.4 is 0 Å². The average Bonchev–Trinajstić information content (AvgIpc) is 2.22. The molecule has 0 unspecified atom stereocenters. The smallest absolute Gasteiger partial charge is 0.186 e. The van der Waals surface area contributed by atoms with Gasteiger partial charge in [-0.1, -0.05) is 35.4 Å². The summed E-state index contributed by atoms with van der Waals surface area (Å²) in [5.74, 6) is -0.579. The summed E-state index contributed by atoms with van der Waals surface area (Å²) in [4.78, 5) is 7.45. The van der Waals surface area contributed by atoms with Gasteiger partial charge in [0.15, 0.2) is 11.0 Å². The molecule has 2 nitrogen and oxygen atoms in total. The van der Waals surface area contributed by atoms with Crippen LogP contribution in [-0.2, 0) is 0 Å². The number of aromatic nitrogens is 2. The van der Waals surface area contributed by atoms with E-state index in [1.807, 2.05) is 25.1 Å². The molecule has 0 saturated carbocycles. The second-order valence-electron chi connectivity index (χ2n) is 3.20. The highest BCUT2D eigenvalue weighted by atomic mass is 35.5. The summed E-state index contributed by atoms with van der Waals surface area (Å²) in [5, 5.41) is -0.151. The maximum atomic E-state index is 13.6. The molecule has 0 aliphatic rings. The van der Waals surface area contributed by atoms with Crippen LogP contribution in [0.4, 0.5) is 4.39 Å². The third-order valence-corrected chi connectivity index (χ3v) is 2.30. The summed E-state index contributed by atoms with van der Waals surface area (Å²) in [6, 6.07) is 7.42. The first-order valence-electron chi connectivity index (χ1n) is 4.41. The third-order valence-electron chi connectivity index (χ3n) is 2.04. The molecular formula is C11H8ClFN2. The molecule has 1 aromatic carbocycles. The van der Waals surface area contributed by atoms with Gasteiger partial charge in [-0.05, 0) is 13.0 Å². The van der Waals surface area contributed by atoms with E-state index in [1.54, 1.807) is 6.07 Å². The minimum absolute atomic E-state index is 0.151. The number of hydrogen-bond donors (Lipinski definition) is 0. The molecule has 0 atom stereocenters. The summed E-state index contributed by atoms with van der Waals surface area (Å²) in [6.07, 6.45) is 1.25. The molecule has 0 fully saturated rings. The number of halogens is 2. The Labute approximate surface area is 91.8 Å². The minimum Gasteiger partial charge on any atom is -0.233 e. The Morgan fingerprint density at radius 1 is 1.27 bits per heavy atom. The normalized spacial score (nSPS) is 10.3. The Balaban J connectivity index is 2.59. The van der Waals surface area contributed by atoms with Crippen molar-refractivity contribution in [3.8, 4) is 11.3 Å². The van der Waals surface area contributed by atoms with Crippen molar-refractivity contribution in [2.75, 3.05) is 0 Å². The van der Waals surface area contributed by atoms with Gasteiger partial charge in [-0.25, -0.2) is 14.4 Å². The standard InChI is InChI=1S/C11H8ClFN2/c1-7-3-2-4-8(5-7)10-9(13)11(12)15-6-14-10/h2-6H,1H3. The summed E-state index contributed by atoms with van der Waals surface area (Å²) in [5.41, 5.74) is 1.98. The van der Waals surface area contributed by atoms with Crippen molar-refractivity contribution < 1.29 is 4.39 Å².